The van der Waals surface area contributed by atoms with Gasteiger partial charge in [0.25, 0.3) is 0 Å². The Morgan fingerprint density at radius 3 is 2.29 bits per heavy atom. The van der Waals surface area contributed by atoms with E-state index < -0.39 is 0 Å². The van der Waals surface area contributed by atoms with Gasteiger partial charge in [-0.05, 0) is 17.5 Å². The van der Waals surface area contributed by atoms with Crippen LogP contribution in [0.2, 0.25) is 0 Å². The van der Waals surface area contributed by atoms with Gasteiger partial charge in [-0.15, -0.1) is 0 Å². The third-order valence-corrected chi connectivity index (χ3v) is 2.42. The van der Waals surface area contributed by atoms with E-state index >= 15 is 0 Å². The molecular weight excluding hydrogens is 214 g/mol. The highest BCUT2D eigenvalue weighted by Gasteiger charge is 1.89. The van der Waals surface area contributed by atoms with Gasteiger partial charge in [0.05, 0.1) is 0 Å². The Kier molecular flexibility index (Phi) is 5.14. The first-order chi connectivity index (χ1) is 8.17. The molecule has 1 heterocycles. The molecule has 2 aromatic rings. The van der Waals surface area contributed by atoms with Gasteiger partial charge in [0.2, 0.25) is 5.56 Å². The van der Waals surface area contributed by atoms with E-state index in [0.717, 1.165) is 10.9 Å². The molecule has 1 N–H and O–H groups in total. The highest BCUT2D eigenvalue weighted by Crippen LogP contribution is 2.06. The van der Waals surface area contributed by atoms with E-state index in [9.17, 15) is 9.59 Å². The third-order valence-electron chi connectivity index (χ3n) is 2.42. The maximum Gasteiger partial charge on any atom is 0.248 e. The van der Waals surface area contributed by atoms with Crippen molar-refractivity contribution >= 4 is 16.7 Å². The topological polar surface area (TPSA) is 49.9 Å². The highest BCUT2D eigenvalue weighted by atomic mass is 16.1. The molecule has 3 heteroatoms. The van der Waals surface area contributed by atoms with Gasteiger partial charge >= 0.3 is 0 Å². The van der Waals surface area contributed by atoms with Crippen LogP contribution < -0.4 is 5.56 Å². The molecule has 3 nitrogen and oxygen atoms in total. The van der Waals surface area contributed by atoms with Gasteiger partial charge in [-0.25, -0.2) is 0 Å². The number of carbonyl (C=O) groups excluding carboxylic acids is 1. The van der Waals surface area contributed by atoms with Crippen LogP contribution >= 0.6 is 0 Å². The van der Waals surface area contributed by atoms with Crippen molar-refractivity contribution in [2.75, 3.05) is 0 Å². The van der Waals surface area contributed by atoms with Crippen molar-refractivity contribution in [1.29, 1.82) is 0 Å². The lowest BCUT2D eigenvalue weighted by Gasteiger charge is -1.93. The maximum atomic E-state index is 10.8. The van der Waals surface area contributed by atoms with E-state index in [1.54, 1.807) is 0 Å². The average Bonchev–Trinajstić information content (AvgIpc) is 2.38. The van der Waals surface area contributed by atoms with Crippen LogP contribution in [0.4, 0.5) is 0 Å². The Bertz CT molecular complexity index is 537. The number of Topliss-reactive ketones (excluding diaryl/α,β-unsaturated/α-hetero) is 1. The monoisotopic (exact) mass is 231 g/mol. The van der Waals surface area contributed by atoms with Gasteiger partial charge < -0.3 is 4.98 Å². The van der Waals surface area contributed by atoms with E-state index in [2.05, 4.69) is 4.98 Å². The van der Waals surface area contributed by atoms with Gasteiger partial charge in [0.1, 0.15) is 5.78 Å². The van der Waals surface area contributed by atoms with Crippen LogP contribution in [-0.4, -0.2) is 10.8 Å². The molecule has 0 unspecified atom stereocenters. The van der Waals surface area contributed by atoms with Gasteiger partial charge in [-0.1, -0.05) is 32.0 Å². The number of nitrogens with one attached hydrogen (secondary N) is 1. The number of benzene rings is 1. The molecule has 0 saturated heterocycles. The summed E-state index contributed by atoms with van der Waals surface area (Å²) in [6.07, 6.45) is 1.38. The van der Waals surface area contributed by atoms with Crippen LogP contribution in [0, 0.1) is 0 Å². The highest BCUT2D eigenvalue weighted by molar-refractivity contribution is 5.78. The summed E-state index contributed by atoms with van der Waals surface area (Å²) in [5, 5.41) is 1.06. The first kappa shape index (κ1) is 13.2. The number of rotatable bonds is 2. The van der Waals surface area contributed by atoms with Gasteiger partial charge in [0, 0.05) is 24.4 Å². The van der Waals surface area contributed by atoms with Crippen molar-refractivity contribution in [3.05, 3.63) is 46.8 Å². The first-order valence-corrected chi connectivity index (χ1v) is 5.77. The number of hydrogen-bond donors (Lipinski definition) is 1. The Hall–Kier alpha value is -1.90. The van der Waals surface area contributed by atoms with Crippen LogP contribution in [0.1, 0.15) is 26.7 Å². The van der Waals surface area contributed by atoms with E-state index in [-0.39, 0.29) is 5.56 Å². The quantitative estimate of drug-likeness (QED) is 0.864. The lowest BCUT2D eigenvalue weighted by molar-refractivity contribution is -0.118. The number of H-pyrrole nitrogens is 1. The van der Waals surface area contributed by atoms with Crippen LogP contribution in [-0.2, 0) is 4.79 Å². The minimum absolute atomic E-state index is 0.0521. The molecule has 0 aliphatic rings. The fourth-order valence-electron chi connectivity index (χ4n) is 1.35. The standard InChI is InChI=1S/C9H7NO.C5H10O/c11-9-6-5-7-3-1-2-4-8(7)10-9;1-3-5(6)4-2/h1-6H,(H,10,11);3-4H2,1-2H3. The van der Waals surface area contributed by atoms with E-state index in [0.29, 0.717) is 18.6 Å². The Balaban J connectivity index is 0.000000209. The second kappa shape index (κ2) is 6.63. The minimum atomic E-state index is -0.0521. The van der Waals surface area contributed by atoms with E-state index in [4.69, 9.17) is 0 Å². The lowest BCUT2D eigenvalue weighted by atomic mass is 10.2. The van der Waals surface area contributed by atoms with Gasteiger partial charge in [0.15, 0.2) is 0 Å². The summed E-state index contributed by atoms with van der Waals surface area (Å²) in [6, 6.07) is 11.0. The molecule has 0 atom stereocenters. The molecule has 2 rings (SSSR count). The molecule has 0 amide bonds. The van der Waals surface area contributed by atoms with E-state index in [1.165, 1.54) is 6.07 Å². The third kappa shape index (κ3) is 4.23. The van der Waals surface area contributed by atoms with Crippen molar-refractivity contribution in [2.45, 2.75) is 26.7 Å². The number of aromatic amines is 1. The minimum Gasteiger partial charge on any atom is -0.322 e. The summed E-state index contributed by atoms with van der Waals surface area (Å²) in [7, 11) is 0. The van der Waals surface area contributed by atoms with Crippen molar-refractivity contribution in [1.82, 2.24) is 4.98 Å². The van der Waals surface area contributed by atoms with Gasteiger partial charge in [-0.2, -0.15) is 0 Å². The van der Waals surface area contributed by atoms with Gasteiger partial charge in [-0.3, -0.25) is 9.59 Å². The Labute approximate surface area is 100 Å². The zero-order chi connectivity index (χ0) is 12.7. The predicted molar refractivity (Wildman–Crippen MR) is 70.2 cm³/mol. The predicted octanol–water partition coefficient (Wildman–Crippen LogP) is 2.90. The first-order valence-electron chi connectivity index (χ1n) is 5.77. The van der Waals surface area contributed by atoms with E-state index in [1.807, 2.05) is 44.2 Å². The fraction of sp³-hybridized carbons (Fsp3) is 0.286. The molecule has 0 saturated carbocycles. The number of ketones is 1. The number of fused-ring (bicyclic) bond motifs is 1. The number of hydrogen-bond acceptors (Lipinski definition) is 2. The number of pyridine rings is 1. The van der Waals surface area contributed by atoms with Crippen molar-refractivity contribution in [3.8, 4) is 0 Å². The zero-order valence-electron chi connectivity index (χ0n) is 10.2. The average molecular weight is 231 g/mol. The SMILES string of the molecule is CCC(=O)CC.O=c1ccc2ccccc2[nH]1. The number of para-hydroxylation sites is 1. The molecule has 0 radical (unpaired) electrons. The zero-order valence-corrected chi connectivity index (χ0v) is 10.2. The summed E-state index contributed by atoms with van der Waals surface area (Å²) in [5.74, 6) is 0.343. The second-order valence-electron chi connectivity index (χ2n) is 3.66. The van der Waals surface area contributed by atoms with Crippen molar-refractivity contribution in [3.63, 3.8) is 0 Å². The fourth-order valence-corrected chi connectivity index (χ4v) is 1.35. The number of carbonyl (C=O) groups is 1. The largest absolute Gasteiger partial charge is 0.322 e. The smallest absolute Gasteiger partial charge is 0.248 e. The molecule has 17 heavy (non-hydrogen) atoms. The summed E-state index contributed by atoms with van der Waals surface area (Å²) < 4.78 is 0. The van der Waals surface area contributed by atoms with Crippen LogP contribution in [0.3, 0.4) is 0 Å². The molecular formula is C14H17NO2. The number of aromatic nitrogens is 1. The maximum absolute atomic E-state index is 10.8. The molecule has 1 aromatic heterocycles. The normalized spacial score (nSPS) is 9.53. The molecule has 0 aliphatic heterocycles. The molecule has 0 aliphatic carbocycles. The Morgan fingerprint density at radius 1 is 1.06 bits per heavy atom. The Morgan fingerprint density at radius 2 is 1.71 bits per heavy atom. The summed E-state index contributed by atoms with van der Waals surface area (Å²) in [4.78, 5) is 23.7. The molecule has 1 aromatic carbocycles. The molecule has 0 spiro atoms. The summed E-state index contributed by atoms with van der Waals surface area (Å²) in [5.41, 5.74) is 0.837. The second-order valence-corrected chi connectivity index (χ2v) is 3.66. The summed E-state index contributed by atoms with van der Waals surface area (Å²) >= 11 is 0. The molecule has 0 fully saturated rings. The lowest BCUT2D eigenvalue weighted by Crippen LogP contribution is -2.01. The summed E-state index contributed by atoms with van der Waals surface area (Å²) in [6.45, 7) is 3.76. The molecule has 90 valence electrons. The van der Waals surface area contributed by atoms with Crippen LogP contribution in [0.15, 0.2) is 41.2 Å². The van der Waals surface area contributed by atoms with Crippen LogP contribution in [0.5, 0.6) is 0 Å². The van der Waals surface area contributed by atoms with Crippen molar-refractivity contribution < 1.29 is 4.79 Å². The molecule has 0 bridgehead atoms. The van der Waals surface area contributed by atoms with Crippen molar-refractivity contribution in [2.24, 2.45) is 0 Å². The van der Waals surface area contributed by atoms with Crippen LogP contribution in [0.25, 0.3) is 10.9 Å².